The van der Waals surface area contributed by atoms with Gasteiger partial charge in [-0.1, -0.05) is 49.9 Å². The van der Waals surface area contributed by atoms with Gasteiger partial charge >= 0.3 is 21.1 Å². The number of azo groups is 2. The number of anilines is 2. The first-order chi connectivity index (χ1) is 22.9. The van der Waals surface area contributed by atoms with E-state index in [-0.39, 0.29) is 44.3 Å². The average molecular weight is 844 g/mol. The smallest absolute Gasteiger partial charge is 0.676 e. The second-order valence-electron chi connectivity index (χ2n) is 11.4. The summed E-state index contributed by atoms with van der Waals surface area (Å²) in [7, 11) is 7.84. The molecule has 13 heteroatoms. The van der Waals surface area contributed by atoms with Crippen LogP contribution in [0.4, 0.5) is 34.1 Å². The Hall–Kier alpha value is -4.77. The van der Waals surface area contributed by atoms with Crippen molar-refractivity contribution in [1.82, 2.24) is 0 Å². The van der Waals surface area contributed by atoms with Crippen LogP contribution in [0.5, 0.6) is 0 Å². The Morgan fingerprint density at radius 1 is 0.571 bits per heavy atom. The fraction of sp³-hybridized carbons (Fsp3) is 0.278. The number of nitrogens with one attached hydrogen (secondary N) is 2. The Kier molecular flexibility index (Phi) is 17.0. The second kappa shape index (κ2) is 20.6. The minimum atomic E-state index is -1.22. The van der Waals surface area contributed by atoms with E-state index in [0.29, 0.717) is 22.7 Å². The standard InChI is InChI=1S/2C15H15N3O2.C6H12N2.Pt/c2*1-18(2)14-8-6-12(7-9-14)16-17-13-5-3-4-11(10-13)15(19)20;7-5-3-1-2-4-6(5)8;/h2*3-10H,1-2H3,(H,19,20);5-8H,1-4H2;/q;;-2;+4/p-2. The molecule has 49 heavy (non-hydrogen) atoms. The molecule has 0 amide bonds. The Morgan fingerprint density at radius 3 is 1.18 bits per heavy atom. The zero-order valence-electron chi connectivity index (χ0n) is 27.9. The molecule has 1 saturated carbocycles. The first-order valence-corrected chi connectivity index (χ1v) is 15.4. The fourth-order valence-corrected chi connectivity index (χ4v) is 4.39. The normalized spacial score (nSPS) is 15.2. The summed E-state index contributed by atoms with van der Waals surface area (Å²) in [6.07, 6.45) is 4.25. The number of hydrogen-bond donors (Lipinski definition) is 0. The summed E-state index contributed by atoms with van der Waals surface area (Å²) in [6.45, 7) is 0. The Balaban J connectivity index is 0.000000274. The van der Waals surface area contributed by atoms with E-state index in [4.69, 9.17) is 11.5 Å². The summed E-state index contributed by atoms with van der Waals surface area (Å²) in [5.41, 5.74) is 19.3. The Bertz CT molecular complexity index is 1550. The third-order valence-corrected chi connectivity index (χ3v) is 7.22. The number of carboxylic acids is 2. The van der Waals surface area contributed by atoms with Crippen LogP contribution in [-0.2, 0) is 21.1 Å². The number of carbonyl (C=O) groups is 2. The van der Waals surface area contributed by atoms with Gasteiger partial charge in [0, 0.05) is 39.6 Å². The maximum atomic E-state index is 10.7. The number of nitrogens with zero attached hydrogens (tertiary/aromatic N) is 6. The number of rotatable bonds is 8. The van der Waals surface area contributed by atoms with Crippen molar-refractivity contribution < 1.29 is 40.9 Å². The Morgan fingerprint density at radius 2 is 0.898 bits per heavy atom. The summed E-state index contributed by atoms with van der Waals surface area (Å²) < 4.78 is 0. The van der Waals surface area contributed by atoms with Crippen LogP contribution in [0, 0.1) is 0 Å². The first kappa shape index (κ1) is 40.4. The van der Waals surface area contributed by atoms with Crippen molar-refractivity contribution in [2.45, 2.75) is 37.8 Å². The molecular weight excluding hydrogens is 804 g/mol. The van der Waals surface area contributed by atoms with E-state index >= 15 is 0 Å². The van der Waals surface area contributed by atoms with Crippen LogP contribution < -0.4 is 20.0 Å². The van der Waals surface area contributed by atoms with Crippen LogP contribution in [0.25, 0.3) is 11.5 Å². The van der Waals surface area contributed by atoms with Gasteiger partial charge in [-0.2, -0.15) is 32.5 Å². The molecule has 1 aliphatic rings. The minimum absolute atomic E-state index is 0. The monoisotopic (exact) mass is 843 g/mol. The molecule has 1 aliphatic carbocycles. The van der Waals surface area contributed by atoms with Crippen molar-refractivity contribution in [2.24, 2.45) is 20.5 Å². The van der Waals surface area contributed by atoms with Gasteiger partial charge in [0.05, 0.1) is 34.7 Å². The van der Waals surface area contributed by atoms with Crippen LogP contribution >= 0.6 is 0 Å². The van der Waals surface area contributed by atoms with E-state index in [1.807, 2.05) is 86.5 Å². The first-order valence-electron chi connectivity index (χ1n) is 15.4. The molecule has 2 unspecified atom stereocenters. The second-order valence-corrected chi connectivity index (χ2v) is 11.4. The van der Waals surface area contributed by atoms with Gasteiger partial charge in [-0.05, 0) is 83.9 Å². The maximum Gasteiger partial charge on any atom is 4.00 e. The molecule has 4 aromatic rings. The SMILES string of the molecule is CN(C)c1ccc(N=Nc2cccc(C(=O)[O-])c2)cc1.CN(C)c1ccc(N=Nc2cccc(C(=O)[O-])c2)cc1.[NH-]C1CCCCC1[NH-].[Pt+4]. The van der Waals surface area contributed by atoms with E-state index in [9.17, 15) is 19.8 Å². The molecular formula is C36H40N8O4Pt. The van der Waals surface area contributed by atoms with Crippen molar-refractivity contribution in [1.29, 1.82) is 0 Å². The average Bonchev–Trinajstić information content (AvgIpc) is 3.09. The predicted molar refractivity (Wildman–Crippen MR) is 186 cm³/mol. The van der Waals surface area contributed by atoms with Gasteiger partial charge in [-0.15, -0.1) is 0 Å². The van der Waals surface area contributed by atoms with Gasteiger partial charge in [-0.25, -0.2) is 0 Å². The molecule has 258 valence electrons. The van der Waals surface area contributed by atoms with Crippen molar-refractivity contribution in [3.05, 3.63) is 120 Å². The third-order valence-electron chi connectivity index (χ3n) is 7.22. The van der Waals surface area contributed by atoms with E-state index in [0.717, 1.165) is 24.2 Å². The van der Waals surface area contributed by atoms with Crippen molar-refractivity contribution in [3.63, 3.8) is 0 Å². The number of carboxylic acid groups (broad SMARTS) is 2. The van der Waals surface area contributed by atoms with E-state index in [1.165, 1.54) is 37.1 Å². The third kappa shape index (κ3) is 14.1. The molecule has 0 heterocycles. The molecule has 4 aromatic carbocycles. The zero-order valence-corrected chi connectivity index (χ0v) is 30.1. The number of carbonyl (C=O) groups excluding carboxylic acids is 2. The fourth-order valence-electron chi connectivity index (χ4n) is 4.39. The topological polar surface area (TPSA) is 184 Å². The molecule has 0 spiro atoms. The molecule has 0 aliphatic heterocycles. The molecule has 5 rings (SSSR count). The summed E-state index contributed by atoms with van der Waals surface area (Å²) >= 11 is 0. The van der Waals surface area contributed by atoms with Crippen LogP contribution in [0.2, 0.25) is 0 Å². The molecule has 0 saturated heterocycles. The number of aromatic carboxylic acids is 2. The Labute approximate surface area is 301 Å². The summed E-state index contributed by atoms with van der Waals surface area (Å²) in [6, 6.07) is 27.3. The largest absolute Gasteiger partial charge is 4.00 e. The van der Waals surface area contributed by atoms with Crippen LogP contribution in [0.15, 0.2) is 118 Å². The van der Waals surface area contributed by atoms with Crippen LogP contribution in [0.3, 0.4) is 0 Å². The molecule has 0 bridgehead atoms. The van der Waals surface area contributed by atoms with Gasteiger partial charge < -0.3 is 41.1 Å². The molecule has 12 nitrogen and oxygen atoms in total. The molecule has 1 fully saturated rings. The van der Waals surface area contributed by atoms with Gasteiger partial charge in [0.2, 0.25) is 0 Å². The van der Waals surface area contributed by atoms with Crippen molar-refractivity contribution >= 4 is 46.1 Å². The van der Waals surface area contributed by atoms with Crippen molar-refractivity contribution in [3.8, 4) is 0 Å². The van der Waals surface area contributed by atoms with Gasteiger partial charge in [0.25, 0.3) is 0 Å². The zero-order chi connectivity index (χ0) is 35.1. The molecule has 0 radical (unpaired) electrons. The summed E-state index contributed by atoms with van der Waals surface area (Å²) in [5.74, 6) is -2.45. The molecule has 0 aromatic heterocycles. The maximum absolute atomic E-state index is 10.7. The molecule has 2 N–H and O–H groups in total. The quantitative estimate of drug-likeness (QED) is 0.166. The van der Waals surface area contributed by atoms with Crippen molar-refractivity contribution in [2.75, 3.05) is 38.0 Å². The summed E-state index contributed by atoms with van der Waals surface area (Å²) in [4.78, 5) is 25.5. The van der Waals surface area contributed by atoms with E-state index in [2.05, 4.69) is 20.5 Å². The van der Waals surface area contributed by atoms with Gasteiger partial charge in [-0.3, -0.25) is 0 Å². The van der Waals surface area contributed by atoms with Gasteiger partial charge in [0.1, 0.15) is 0 Å². The summed E-state index contributed by atoms with van der Waals surface area (Å²) in [5, 5.41) is 37.7. The predicted octanol–water partition coefficient (Wildman–Crippen LogP) is 7.46. The minimum Gasteiger partial charge on any atom is -0.676 e. The van der Waals surface area contributed by atoms with E-state index in [1.54, 1.807) is 24.3 Å². The molecule has 2 atom stereocenters. The van der Waals surface area contributed by atoms with Crippen LogP contribution in [0.1, 0.15) is 46.4 Å². The van der Waals surface area contributed by atoms with E-state index < -0.39 is 11.9 Å². The number of hydrogen-bond acceptors (Lipinski definition) is 10. The number of benzene rings is 4. The van der Waals surface area contributed by atoms with Gasteiger partial charge in [0.15, 0.2) is 0 Å². The van der Waals surface area contributed by atoms with Crippen LogP contribution in [-0.4, -0.2) is 52.2 Å².